The number of halogens is 1. The molecule has 0 bridgehead atoms. The summed E-state index contributed by atoms with van der Waals surface area (Å²) in [4.78, 5) is 12.8. The SMILES string of the molecule is O=C1Nc2ccc(NCc3cccc(Cl)c3)cc2[C@]12OCCC(CC1CC1)O2. The molecule has 1 amide bonds. The number of fused-ring (bicyclic) bond motifs is 2. The van der Waals surface area contributed by atoms with Crippen molar-refractivity contribution < 1.29 is 14.3 Å². The van der Waals surface area contributed by atoms with Crippen molar-refractivity contribution in [3.63, 3.8) is 0 Å². The van der Waals surface area contributed by atoms with Crippen molar-refractivity contribution in [2.45, 2.75) is 44.1 Å². The second-order valence-corrected chi connectivity index (χ2v) is 8.31. The van der Waals surface area contributed by atoms with E-state index in [1.165, 1.54) is 12.8 Å². The van der Waals surface area contributed by atoms with E-state index in [1.54, 1.807) is 0 Å². The van der Waals surface area contributed by atoms with Crippen LogP contribution in [-0.2, 0) is 26.6 Å². The highest BCUT2D eigenvalue weighted by Crippen LogP contribution is 2.46. The van der Waals surface area contributed by atoms with Gasteiger partial charge in [0, 0.05) is 22.8 Å². The van der Waals surface area contributed by atoms with Crippen molar-refractivity contribution in [1.29, 1.82) is 0 Å². The first-order valence-electron chi connectivity index (χ1n) is 9.88. The molecule has 2 heterocycles. The lowest BCUT2D eigenvalue weighted by atomic mass is 10.0. The van der Waals surface area contributed by atoms with E-state index in [0.29, 0.717) is 18.2 Å². The first kappa shape index (κ1) is 18.0. The van der Waals surface area contributed by atoms with E-state index < -0.39 is 5.79 Å². The van der Waals surface area contributed by atoms with Gasteiger partial charge in [0.1, 0.15) is 0 Å². The molecule has 28 heavy (non-hydrogen) atoms. The Morgan fingerprint density at radius 3 is 2.89 bits per heavy atom. The van der Waals surface area contributed by atoms with Crippen molar-refractivity contribution in [2.75, 3.05) is 17.2 Å². The van der Waals surface area contributed by atoms with Gasteiger partial charge < -0.3 is 20.1 Å². The van der Waals surface area contributed by atoms with E-state index in [2.05, 4.69) is 10.6 Å². The third kappa shape index (κ3) is 3.39. The fourth-order valence-corrected chi connectivity index (χ4v) is 4.24. The van der Waals surface area contributed by atoms with Crippen LogP contribution in [0, 0.1) is 5.92 Å². The Bertz CT molecular complexity index is 914. The second kappa shape index (κ2) is 7.07. The number of amides is 1. The molecule has 1 saturated heterocycles. The monoisotopic (exact) mass is 398 g/mol. The summed E-state index contributed by atoms with van der Waals surface area (Å²) < 4.78 is 12.2. The first-order chi connectivity index (χ1) is 13.6. The van der Waals surface area contributed by atoms with Gasteiger partial charge in [-0.2, -0.15) is 0 Å². The zero-order valence-electron chi connectivity index (χ0n) is 15.5. The summed E-state index contributed by atoms with van der Waals surface area (Å²) in [7, 11) is 0. The van der Waals surface area contributed by atoms with Crippen LogP contribution in [0.5, 0.6) is 0 Å². The van der Waals surface area contributed by atoms with Gasteiger partial charge >= 0.3 is 0 Å². The topological polar surface area (TPSA) is 59.6 Å². The lowest BCUT2D eigenvalue weighted by molar-refractivity contribution is -0.281. The fourth-order valence-electron chi connectivity index (χ4n) is 4.03. The van der Waals surface area contributed by atoms with Crippen molar-refractivity contribution in [1.82, 2.24) is 0 Å². The smallest absolute Gasteiger partial charge is 0.289 e. The Hall–Kier alpha value is -2.08. The summed E-state index contributed by atoms with van der Waals surface area (Å²) in [5.41, 5.74) is 3.51. The minimum absolute atomic E-state index is 0.0704. The Morgan fingerprint density at radius 1 is 1.18 bits per heavy atom. The van der Waals surface area contributed by atoms with Gasteiger partial charge in [-0.3, -0.25) is 4.79 Å². The molecule has 1 aliphatic carbocycles. The number of rotatable bonds is 5. The normalized spacial score (nSPS) is 26.2. The van der Waals surface area contributed by atoms with Crippen LogP contribution in [0.25, 0.3) is 0 Å². The molecule has 0 aromatic heterocycles. The Morgan fingerprint density at radius 2 is 2.07 bits per heavy atom. The number of nitrogens with one attached hydrogen (secondary N) is 2. The van der Waals surface area contributed by atoms with E-state index >= 15 is 0 Å². The van der Waals surface area contributed by atoms with Crippen molar-refractivity contribution in [3.8, 4) is 0 Å². The third-order valence-corrected chi connectivity index (χ3v) is 5.91. The number of hydrogen-bond donors (Lipinski definition) is 2. The molecule has 2 fully saturated rings. The molecule has 1 saturated carbocycles. The summed E-state index contributed by atoms with van der Waals surface area (Å²) in [6.07, 6.45) is 4.47. The summed E-state index contributed by atoms with van der Waals surface area (Å²) in [5.74, 6) is -0.800. The fraction of sp³-hybridized carbons (Fsp3) is 0.409. The molecule has 5 rings (SSSR count). The number of carbonyl (C=O) groups excluding carboxylic acids is 1. The van der Waals surface area contributed by atoms with Gasteiger partial charge in [0.15, 0.2) is 0 Å². The molecule has 2 N–H and O–H groups in total. The number of ether oxygens (including phenoxy) is 2. The minimum Gasteiger partial charge on any atom is -0.381 e. The maximum atomic E-state index is 12.8. The molecule has 2 aromatic rings. The van der Waals surface area contributed by atoms with Gasteiger partial charge in [-0.1, -0.05) is 36.6 Å². The minimum atomic E-state index is -1.32. The highest BCUT2D eigenvalue weighted by Gasteiger charge is 2.53. The van der Waals surface area contributed by atoms with Crippen LogP contribution in [-0.4, -0.2) is 18.6 Å². The van der Waals surface area contributed by atoms with Gasteiger partial charge in [-0.05, 0) is 54.7 Å². The Balaban J connectivity index is 1.37. The van der Waals surface area contributed by atoms with Crippen LogP contribution in [0.1, 0.15) is 36.8 Å². The molecule has 146 valence electrons. The molecule has 0 radical (unpaired) electrons. The van der Waals surface area contributed by atoms with Crippen molar-refractivity contribution in [2.24, 2.45) is 5.92 Å². The molecule has 2 atom stereocenters. The maximum absolute atomic E-state index is 12.8. The molecular formula is C22H23ClN2O3. The van der Waals surface area contributed by atoms with Crippen LogP contribution in [0.2, 0.25) is 5.02 Å². The summed E-state index contributed by atoms with van der Waals surface area (Å²) in [5, 5.41) is 7.04. The van der Waals surface area contributed by atoms with Crippen LogP contribution in [0.3, 0.4) is 0 Å². The summed E-state index contributed by atoms with van der Waals surface area (Å²) in [6.45, 7) is 1.17. The van der Waals surface area contributed by atoms with Gasteiger partial charge in [-0.25, -0.2) is 0 Å². The number of anilines is 2. The first-order valence-corrected chi connectivity index (χ1v) is 10.3. The highest BCUT2D eigenvalue weighted by molar-refractivity contribution is 6.30. The van der Waals surface area contributed by atoms with Gasteiger partial charge in [0.2, 0.25) is 0 Å². The molecule has 2 aromatic carbocycles. The lowest BCUT2D eigenvalue weighted by Gasteiger charge is -2.37. The second-order valence-electron chi connectivity index (χ2n) is 7.87. The summed E-state index contributed by atoms with van der Waals surface area (Å²) in [6, 6.07) is 13.6. The van der Waals surface area contributed by atoms with Gasteiger partial charge in [-0.15, -0.1) is 0 Å². The molecule has 5 nitrogen and oxygen atoms in total. The van der Waals surface area contributed by atoms with Crippen LogP contribution >= 0.6 is 11.6 Å². The Labute approximate surface area is 169 Å². The number of hydrogen-bond acceptors (Lipinski definition) is 4. The van der Waals surface area contributed by atoms with Gasteiger partial charge in [0.05, 0.1) is 18.4 Å². The molecule has 1 unspecified atom stereocenters. The predicted octanol–water partition coefficient (Wildman–Crippen LogP) is 4.66. The zero-order valence-corrected chi connectivity index (χ0v) is 16.3. The molecular weight excluding hydrogens is 376 g/mol. The zero-order chi connectivity index (χ0) is 19.1. The van der Waals surface area contributed by atoms with E-state index in [1.807, 2.05) is 42.5 Å². The third-order valence-electron chi connectivity index (χ3n) is 5.68. The maximum Gasteiger partial charge on any atom is 0.289 e. The summed E-state index contributed by atoms with van der Waals surface area (Å²) >= 11 is 6.06. The standard InChI is InChI=1S/C22H23ClN2O3/c23-16-3-1-2-15(10-16)13-24-17-6-7-20-19(12-17)22(21(26)25-20)27-9-8-18(28-22)11-14-4-5-14/h1-3,6-7,10,12,14,18,24H,4-5,8-9,11,13H2,(H,25,26)/t18?,22-/m1/s1. The number of carbonyl (C=O) groups is 1. The molecule has 3 aliphatic rings. The Kier molecular flexibility index (Phi) is 4.54. The van der Waals surface area contributed by atoms with Crippen LogP contribution < -0.4 is 10.6 Å². The van der Waals surface area contributed by atoms with E-state index in [0.717, 1.165) is 41.3 Å². The quantitative estimate of drug-likeness (QED) is 0.768. The highest BCUT2D eigenvalue weighted by atomic mass is 35.5. The average Bonchev–Trinajstić information content (AvgIpc) is 3.47. The van der Waals surface area contributed by atoms with Crippen molar-refractivity contribution >= 4 is 28.9 Å². The predicted molar refractivity (Wildman–Crippen MR) is 108 cm³/mol. The molecule has 2 aliphatic heterocycles. The van der Waals surface area contributed by atoms with E-state index in [4.69, 9.17) is 21.1 Å². The lowest BCUT2D eigenvalue weighted by Crippen LogP contribution is -2.47. The van der Waals surface area contributed by atoms with Crippen LogP contribution in [0.15, 0.2) is 42.5 Å². The average molecular weight is 399 g/mol. The van der Waals surface area contributed by atoms with Gasteiger partial charge in [0.25, 0.3) is 11.7 Å². The van der Waals surface area contributed by atoms with E-state index in [9.17, 15) is 4.79 Å². The van der Waals surface area contributed by atoms with E-state index in [-0.39, 0.29) is 12.0 Å². The largest absolute Gasteiger partial charge is 0.381 e. The molecule has 6 heteroatoms. The van der Waals surface area contributed by atoms with Crippen molar-refractivity contribution in [3.05, 3.63) is 58.6 Å². The number of benzene rings is 2. The van der Waals surface area contributed by atoms with Crippen LogP contribution in [0.4, 0.5) is 11.4 Å². The molecule has 1 spiro atoms.